The first-order valence-electron chi connectivity index (χ1n) is 7.73. The minimum atomic E-state index is -4.77. The van der Waals surface area contributed by atoms with Gasteiger partial charge in [-0.1, -0.05) is 45.0 Å². The van der Waals surface area contributed by atoms with Gasteiger partial charge in [-0.25, -0.2) is 0 Å². The molecule has 2 aromatic rings. The van der Waals surface area contributed by atoms with Crippen LogP contribution in [0.4, 0.5) is 13.2 Å². The standard InChI is InChI=1S/C19H20F3NO2/c1-18(2,3)14-8-4-12(5-9-14)16(23)17(24)13-6-10-15(11-7-13)25-19(20,21)22/h4-11,16H,23H2,1-3H3. The van der Waals surface area contributed by atoms with Crippen LogP contribution in [0.2, 0.25) is 0 Å². The van der Waals surface area contributed by atoms with Gasteiger partial charge in [0.1, 0.15) is 5.75 Å². The summed E-state index contributed by atoms with van der Waals surface area (Å²) in [5.74, 6) is -0.755. The molecule has 0 amide bonds. The Hall–Kier alpha value is -2.34. The first-order valence-corrected chi connectivity index (χ1v) is 7.73. The Morgan fingerprint density at radius 2 is 1.48 bits per heavy atom. The summed E-state index contributed by atoms with van der Waals surface area (Å²) >= 11 is 0. The van der Waals surface area contributed by atoms with Gasteiger partial charge < -0.3 is 10.5 Å². The van der Waals surface area contributed by atoms with Crippen molar-refractivity contribution < 1.29 is 22.7 Å². The van der Waals surface area contributed by atoms with E-state index in [2.05, 4.69) is 25.5 Å². The summed E-state index contributed by atoms with van der Waals surface area (Å²) in [6.45, 7) is 6.24. The molecule has 0 saturated heterocycles. The van der Waals surface area contributed by atoms with E-state index in [1.807, 2.05) is 12.1 Å². The first kappa shape index (κ1) is 19.0. The largest absolute Gasteiger partial charge is 0.573 e. The van der Waals surface area contributed by atoms with Crippen molar-refractivity contribution in [2.45, 2.75) is 38.6 Å². The van der Waals surface area contributed by atoms with Gasteiger partial charge in [-0.2, -0.15) is 0 Å². The molecule has 1 unspecified atom stereocenters. The van der Waals surface area contributed by atoms with Crippen molar-refractivity contribution in [1.29, 1.82) is 0 Å². The van der Waals surface area contributed by atoms with E-state index in [1.165, 1.54) is 12.1 Å². The molecule has 134 valence electrons. The van der Waals surface area contributed by atoms with Crippen LogP contribution in [0.3, 0.4) is 0 Å². The van der Waals surface area contributed by atoms with E-state index in [9.17, 15) is 18.0 Å². The van der Waals surface area contributed by atoms with E-state index >= 15 is 0 Å². The number of carbonyl (C=O) groups excluding carboxylic acids is 1. The minimum absolute atomic E-state index is 0.0129. The number of benzene rings is 2. The van der Waals surface area contributed by atoms with E-state index in [1.54, 1.807) is 12.1 Å². The fourth-order valence-corrected chi connectivity index (χ4v) is 2.34. The Morgan fingerprint density at radius 1 is 0.960 bits per heavy atom. The van der Waals surface area contributed by atoms with Gasteiger partial charge in [-0.3, -0.25) is 4.79 Å². The Labute approximate surface area is 144 Å². The van der Waals surface area contributed by atoms with Crippen molar-refractivity contribution in [3.05, 3.63) is 65.2 Å². The fraction of sp³-hybridized carbons (Fsp3) is 0.316. The van der Waals surface area contributed by atoms with Crippen LogP contribution in [-0.2, 0) is 5.41 Å². The smallest absolute Gasteiger partial charge is 0.406 e. The van der Waals surface area contributed by atoms with Gasteiger partial charge in [0.15, 0.2) is 5.78 Å². The first-order chi connectivity index (χ1) is 11.5. The number of carbonyl (C=O) groups is 1. The molecule has 0 aliphatic rings. The molecule has 0 fully saturated rings. The fourth-order valence-electron chi connectivity index (χ4n) is 2.34. The summed E-state index contributed by atoms with van der Waals surface area (Å²) < 4.78 is 40.3. The Morgan fingerprint density at radius 3 is 1.92 bits per heavy atom. The van der Waals surface area contributed by atoms with Crippen LogP contribution >= 0.6 is 0 Å². The molecular weight excluding hydrogens is 331 g/mol. The number of rotatable bonds is 4. The number of ketones is 1. The van der Waals surface area contributed by atoms with Crippen molar-refractivity contribution in [3.63, 3.8) is 0 Å². The van der Waals surface area contributed by atoms with Crippen molar-refractivity contribution >= 4 is 5.78 Å². The Bertz CT molecular complexity index is 729. The lowest BCUT2D eigenvalue weighted by Gasteiger charge is -2.20. The molecule has 0 saturated carbocycles. The molecule has 0 aliphatic heterocycles. The predicted octanol–water partition coefficient (Wildman–Crippen LogP) is 4.77. The average Bonchev–Trinajstić information content (AvgIpc) is 2.52. The third kappa shape index (κ3) is 5.06. The molecular formula is C19H20F3NO2. The van der Waals surface area contributed by atoms with Crippen LogP contribution in [0.15, 0.2) is 48.5 Å². The average molecular weight is 351 g/mol. The highest BCUT2D eigenvalue weighted by Crippen LogP contribution is 2.26. The van der Waals surface area contributed by atoms with Crippen LogP contribution in [0.25, 0.3) is 0 Å². The number of hydrogen-bond acceptors (Lipinski definition) is 3. The summed E-state index contributed by atoms with van der Waals surface area (Å²) in [7, 11) is 0. The number of Topliss-reactive ketones (excluding diaryl/α,β-unsaturated/α-hetero) is 1. The molecule has 2 rings (SSSR count). The maximum Gasteiger partial charge on any atom is 0.573 e. The number of ether oxygens (including phenoxy) is 1. The van der Waals surface area contributed by atoms with Crippen LogP contribution < -0.4 is 10.5 Å². The molecule has 2 N–H and O–H groups in total. The second-order valence-electron chi connectivity index (χ2n) is 6.79. The van der Waals surface area contributed by atoms with Crippen LogP contribution in [0.5, 0.6) is 5.75 Å². The number of alkyl halides is 3. The van der Waals surface area contributed by atoms with E-state index in [4.69, 9.17) is 5.73 Å². The van der Waals surface area contributed by atoms with Gasteiger partial charge >= 0.3 is 6.36 Å². The second-order valence-corrected chi connectivity index (χ2v) is 6.79. The van der Waals surface area contributed by atoms with Gasteiger partial charge in [0.25, 0.3) is 0 Å². The lowest BCUT2D eigenvalue weighted by Crippen LogP contribution is -2.22. The molecule has 25 heavy (non-hydrogen) atoms. The molecule has 2 aromatic carbocycles. The zero-order valence-electron chi connectivity index (χ0n) is 14.2. The summed E-state index contributed by atoms with van der Waals surface area (Å²) in [4.78, 5) is 12.4. The molecule has 0 spiro atoms. The molecule has 6 heteroatoms. The van der Waals surface area contributed by atoms with Crippen LogP contribution in [0.1, 0.15) is 48.3 Å². The number of nitrogens with two attached hydrogens (primary N) is 1. The number of hydrogen-bond donors (Lipinski definition) is 1. The summed E-state index contributed by atoms with van der Waals surface area (Å²) in [5, 5.41) is 0. The second kappa shape index (κ2) is 6.88. The third-order valence-corrected chi connectivity index (χ3v) is 3.79. The Kier molecular flexibility index (Phi) is 5.23. The van der Waals surface area contributed by atoms with Gasteiger partial charge in [-0.05, 0) is 40.8 Å². The van der Waals surface area contributed by atoms with Gasteiger partial charge in [0.2, 0.25) is 0 Å². The normalized spacial score (nSPS) is 13.4. The highest BCUT2D eigenvalue weighted by Gasteiger charge is 2.31. The molecule has 0 aromatic heterocycles. The van der Waals surface area contributed by atoms with Crippen LogP contribution in [0, 0.1) is 0 Å². The lowest BCUT2D eigenvalue weighted by atomic mass is 9.86. The van der Waals surface area contributed by atoms with Crippen molar-refractivity contribution in [3.8, 4) is 5.75 Å². The van der Waals surface area contributed by atoms with E-state index in [0.717, 1.165) is 17.7 Å². The lowest BCUT2D eigenvalue weighted by molar-refractivity contribution is -0.274. The van der Waals surface area contributed by atoms with E-state index in [0.29, 0.717) is 5.56 Å². The highest BCUT2D eigenvalue weighted by atomic mass is 19.4. The topological polar surface area (TPSA) is 52.3 Å². The molecule has 0 heterocycles. The van der Waals surface area contributed by atoms with E-state index < -0.39 is 12.4 Å². The van der Waals surface area contributed by atoms with Crippen molar-refractivity contribution in [2.75, 3.05) is 0 Å². The Balaban J connectivity index is 2.14. The molecule has 3 nitrogen and oxygen atoms in total. The summed E-state index contributed by atoms with van der Waals surface area (Å²) in [5.41, 5.74) is 7.98. The minimum Gasteiger partial charge on any atom is -0.406 e. The number of halogens is 3. The maximum absolute atomic E-state index is 12.4. The summed E-state index contributed by atoms with van der Waals surface area (Å²) in [6, 6.07) is 11.3. The zero-order valence-corrected chi connectivity index (χ0v) is 14.2. The highest BCUT2D eigenvalue weighted by molar-refractivity contribution is 6.00. The molecule has 0 radical (unpaired) electrons. The SMILES string of the molecule is CC(C)(C)c1ccc(C(N)C(=O)c2ccc(OC(F)(F)F)cc2)cc1. The quantitative estimate of drug-likeness (QED) is 0.808. The van der Waals surface area contributed by atoms with Gasteiger partial charge in [0, 0.05) is 5.56 Å². The molecule has 1 atom stereocenters. The van der Waals surface area contributed by atoms with Gasteiger partial charge in [-0.15, -0.1) is 13.2 Å². The van der Waals surface area contributed by atoms with Crippen LogP contribution in [-0.4, -0.2) is 12.1 Å². The third-order valence-electron chi connectivity index (χ3n) is 3.79. The summed E-state index contributed by atoms with van der Waals surface area (Å²) in [6.07, 6.45) is -4.77. The maximum atomic E-state index is 12.4. The monoisotopic (exact) mass is 351 g/mol. The molecule has 0 bridgehead atoms. The molecule has 0 aliphatic carbocycles. The van der Waals surface area contributed by atoms with E-state index in [-0.39, 0.29) is 22.5 Å². The van der Waals surface area contributed by atoms with Crippen molar-refractivity contribution in [2.24, 2.45) is 5.73 Å². The van der Waals surface area contributed by atoms with Crippen molar-refractivity contribution in [1.82, 2.24) is 0 Å². The predicted molar refractivity (Wildman–Crippen MR) is 89.5 cm³/mol. The van der Waals surface area contributed by atoms with Gasteiger partial charge in [0.05, 0.1) is 6.04 Å². The zero-order chi connectivity index (χ0) is 18.8.